The molecule has 1 aromatic heterocycles. The molecule has 0 aromatic carbocycles. The van der Waals surface area contributed by atoms with Crippen LogP contribution in [0.5, 0.6) is 0 Å². The first-order valence-electron chi connectivity index (χ1n) is 7.54. The highest BCUT2D eigenvalue weighted by molar-refractivity contribution is 5.83. The topological polar surface area (TPSA) is 69.2 Å². The number of nitrogens with zero attached hydrogens (tertiary/aromatic N) is 3. The maximum atomic E-state index is 13.5. The summed E-state index contributed by atoms with van der Waals surface area (Å²) in [5.74, 6) is -3.91. The summed E-state index contributed by atoms with van der Waals surface area (Å²) in [6.45, 7) is 2.45. The molecular weight excluding hydrogens is 292 g/mol. The average Bonchev–Trinajstić information content (AvgIpc) is 3.27. The number of carbonyl (C=O) groups is 1. The second-order valence-corrected chi connectivity index (χ2v) is 6.31. The Balaban J connectivity index is 1.76. The van der Waals surface area contributed by atoms with E-state index in [1.54, 1.807) is 0 Å². The number of aromatic carboxylic acids is 1. The number of hydrogen-bond donors (Lipinski definition) is 0. The average molecular weight is 310 g/mol. The number of alkyl halides is 2. The maximum absolute atomic E-state index is 13.5. The predicted octanol–water partition coefficient (Wildman–Crippen LogP) is 1.19. The molecule has 0 unspecified atom stereocenters. The van der Waals surface area contributed by atoms with Crippen LogP contribution in [-0.4, -0.2) is 39.8 Å². The van der Waals surface area contributed by atoms with Crippen molar-refractivity contribution in [2.24, 2.45) is 5.92 Å². The lowest BCUT2D eigenvalue weighted by atomic mass is 9.95. The number of carbonyl (C=O) groups excluding carboxylic acids is 1. The molecular formula is C15H18F2N3O2-. The Kier molecular flexibility index (Phi) is 3.84. The second kappa shape index (κ2) is 5.53. The van der Waals surface area contributed by atoms with Crippen LogP contribution in [-0.2, 0) is 6.54 Å². The van der Waals surface area contributed by atoms with Gasteiger partial charge in [-0.2, -0.15) is 0 Å². The minimum absolute atomic E-state index is 0.123. The number of rotatable bonds is 4. The smallest absolute Gasteiger partial charge is 0.253 e. The zero-order valence-electron chi connectivity index (χ0n) is 12.4. The van der Waals surface area contributed by atoms with Crippen molar-refractivity contribution in [3.63, 3.8) is 0 Å². The summed E-state index contributed by atoms with van der Waals surface area (Å²) in [5.41, 5.74) is 0.441. The first-order valence-corrected chi connectivity index (χ1v) is 7.54. The third-order valence-electron chi connectivity index (χ3n) is 4.35. The summed E-state index contributed by atoms with van der Waals surface area (Å²) in [4.78, 5) is 21.4. The number of carboxylic acids is 1. The Labute approximate surface area is 127 Å². The molecule has 1 saturated heterocycles. The maximum Gasteiger partial charge on any atom is 0.253 e. The minimum Gasteiger partial charge on any atom is -0.543 e. The highest BCUT2D eigenvalue weighted by Gasteiger charge is 2.41. The molecule has 3 rings (SSSR count). The molecule has 0 bridgehead atoms. The van der Waals surface area contributed by atoms with E-state index in [9.17, 15) is 18.7 Å². The minimum atomic E-state index is -2.63. The van der Waals surface area contributed by atoms with Gasteiger partial charge in [0.25, 0.3) is 5.92 Å². The van der Waals surface area contributed by atoms with E-state index in [0.717, 1.165) is 12.8 Å². The fraction of sp³-hybridized carbons (Fsp3) is 0.667. The monoisotopic (exact) mass is 310 g/mol. The van der Waals surface area contributed by atoms with Crippen molar-refractivity contribution in [1.82, 2.24) is 14.9 Å². The van der Waals surface area contributed by atoms with Gasteiger partial charge in [0.2, 0.25) is 0 Å². The van der Waals surface area contributed by atoms with Crippen LogP contribution in [0.15, 0.2) is 6.07 Å². The first-order chi connectivity index (χ1) is 10.3. The van der Waals surface area contributed by atoms with Crippen LogP contribution >= 0.6 is 0 Å². The number of likely N-dealkylation sites (tertiary alicyclic amines) is 1. The van der Waals surface area contributed by atoms with Gasteiger partial charge in [-0.15, -0.1) is 0 Å². The molecule has 2 aliphatic rings. The predicted molar refractivity (Wildman–Crippen MR) is 72.3 cm³/mol. The highest BCUT2D eigenvalue weighted by atomic mass is 19.3. The molecule has 1 aromatic rings. The molecule has 120 valence electrons. The first kappa shape index (κ1) is 15.3. The van der Waals surface area contributed by atoms with E-state index < -0.39 is 17.8 Å². The molecule has 2 heterocycles. The lowest BCUT2D eigenvalue weighted by Gasteiger charge is -2.36. The van der Waals surface area contributed by atoms with E-state index in [0.29, 0.717) is 18.1 Å². The van der Waals surface area contributed by atoms with Crippen LogP contribution in [0.25, 0.3) is 0 Å². The molecule has 22 heavy (non-hydrogen) atoms. The van der Waals surface area contributed by atoms with Gasteiger partial charge < -0.3 is 9.90 Å². The molecule has 0 N–H and O–H groups in total. The van der Waals surface area contributed by atoms with E-state index in [1.165, 1.54) is 13.0 Å². The SMILES string of the molecule is C[C@@H]1CN(Cc2cc(C(=O)[O-])nc(C3CC3)n2)CCC1(F)F. The molecule has 1 aliphatic heterocycles. The number of piperidine rings is 1. The molecule has 1 aliphatic carbocycles. The summed E-state index contributed by atoms with van der Waals surface area (Å²) >= 11 is 0. The van der Waals surface area contributed by atoms with Crippen LogP contribution in [0.2, 0.25) is 0 Å². The number of halogens is 2. The normalized spacial score (nSPS) is 25.1. The van der Waals surface area contributed by atoms with Gasteiger partial charge in [-0.3, -0.25) is 4.90 Å². The standard InChI is InChI=1S/C15H19F2N3O2/c1-9-7-20(5-4-15(9,16)17)8-11-6-12(14(21)22)19-13(18-11)10-2-3-10/h6,9-10H,2-5,7-8H2,1H3,(H,21,22)/p-1/t9-/m1/s1. The summed E-state index contributed by atoms with van der Waals surface area (Å²) in [6.07, 6.45) is 1.74. The van der Waals surface area contributed by atoms with E-state index in [4.69, 9.17) is 0 Å². The van der Waals surface area contributed by atoms with E-state index in [2.05, 4.69) is 9.97 Å². The van der Waals surface area contributed by atoms with Crippen molar-refractivity contribution < 1.29 is 18.7 Å². The molecule has 2 fully saturated rings. The zero-order chi connectivity index (χ0) is 15.9. The Morgan fingerprint density at radius 1 is 1.45 bits per heavy atom. The summed E-state index contributed by atoms with van der Waals surface area (Å²) < 4.78 is 27.0. The van der Waals surface area contributed by atoms with Crippen molar-refractivity contribution in [2.75, 3.05) is 13.1 Å². The van der Waals surface area contributed by atoms with Gasteiger partial charge in [-0.25, -0.2) is 18.7 Å². The van der Waals surface area contributed by atoms with Gasteiger partial charge in [0.1, 0.15) is 5.82 Å². The summed E-state index contributed by atoms with van der Waals surface area (Å²) in [6, 6.07) is 1.39. The molecule has 5 nitrogen and oxygen atoms in total. The molecule has 0 amide bonds. The number of hydrogen-bond acceptors (Lipinski definition) is 5. The third-order valence-corrected chi connectivity index (χ3v) is 4.35. The molecule has 1 saturated carbocycles. The zero-order valence-corrected chi connectivity index (χ0v) is 12.4. The van der Waals surface area contributed by atoms with Crippen molar-refractivity contribution in [1.29, 1.82) is 0 Å². The van der Waals surface area contributed by atoms with Crippen LogP contribution in [0.4, 0.5) is 8.78 Å². The second-order valence-electron chi connectivity index (χ2n) is 6.31. The van der Waals surface area contributed by atoms with Crippen LogP contribution in [0.1, 0.15) is 54.1 Å². The van der Waals surface area contributed by atoms with Gasteiger partial charge in [-0.1, -0.05) is 6.92 Å². The van der Waals surface area contributed by atoms with Crippen LogP contribution in [0, 0.1) is 5.92 Å². The summed E-state index contributed by atoms with van der Waals surface area (Å²) in [5, 5.41) is 11.1. The van der Waals surface area contributed by atoms with Crippen molar-refractivity contribution in [3.8, 4) is 0 Å². The Morgan fingerprint density at radius 3 is 2.77 bits per heavy atom. The van der Waals surface area contributed by atoms with Crippen molar-refractivity contribution >= 4 is 5.97 Å². The quantitative estimate of drug-likeness (QED) is 0.835. The van der Waals surface area contributed by atoms with Gasteiger partial charge in [0.15, 0.2) is 0 Å². The molecule has 7 heteroatoms. The van der Waals surface area contributed by atoms with Gasteiger partial charge in [0.05, 0.1) is 17.4 Å². The van der Waals surface area contributed by atoms with Crippen LogP contribution in [0.3, 0.4) is 0 Å². The van der Waals surface area contributed by atoms with E-state index in [-0.39, 0.29) is 31.1 Å². The largest absolute Gasteiger partial charge is 0.543 e. The fourth-order valence-electron chi connectivity index (χ4n) is 2.77. The van der Waals surface area contributed by atoms with Gasteiger partial charge in [0, 0.05) is 37.9 Å². The van der Waals surface area contributed by atoms with Gasteiger partial charge >= 0.3 is 0 Å². The lowest BCUT2D eigenvalue weighted by molar-refractivity contribution is -0.255. The lowest BCUT2D eigenvalue weighted by Crippen LogP contribution is -2.45. The fourth-order valence-corrected chi connectivity index (χ4v) is 2.77. The van der Waals surface area contributed by atoms with E-state index >= 15 is 0 Å². The Morgan fingerprint density at radius 2 is 2.18 bits per heavy atom. The Bertz CT molecular complexity index is 590. The van der Waals surface area contributed by atoms with Crippen LogP contribution < -0.4 is 5.11 Å². The van der Waals surface area contributed by atoms with Crippen molar-refractivity contribution in [2.45, 2.75) is 44.6 Å². The third kappa shape index (κ3) is 3.24. The Hall–Kier alpha value is -1.63. The summed E-state index contributed by atoms with van der Waals surface area (Å²) in [7, 11) is 0. The number of aromatic nitrogens is 2. The molecule has 0 spiro atoms. The van der Waals surface area contributed by atoms with E-state index in [1.807, 2.05) is 4.90 Å². The molecule has 1 atom stereocenters. The number of carboxylic acid groups (broad SMARTS) is 1. The van der Waals surface area contributed by atoms with Gasteiger partial charge in [-0.05, 0) is 18.9 Å². The highest BCUT2D eigenvalue weighted by Crippen LogP contribution is 2.38. The molecule has 0 radical (unpaired) electrons. The van der Waals surface area contributed by atoms with Crippen molar-refractivity contribution in [3.05, 3.63) is 23.3 Å².